The van der Waals surface area contributed by atoms with Gasteiger partial charge in [0, 0.05) is 11.1 Å². The molecule has 0 spiro atoms. The molecule has 6 nitrogen and oxygen atoms in total. The highest BCUT2D eigenvalue weighted by Gasteiger charge is 2.20. The zero-order valence-electron chi connectivity index (χ0n) is 14.2. The van der Waals surface area contributed by atoms with Gasteiger partial charge in [-0.05, 0) is 36.8 Å². The third-order valence-electron chi connectivity index (χ3n) is 4.71. The fraction of sp³-hybridized carbons (Fsp3) is 0.200. The third-order valence-corrected chi connectivity index (χ3v) is 4.71. The van der Waals surface area contributed by atoms with Crippen LogP contribution in [0.1, 0.15) is 35.1 Å². The highest BCUT2D eigenvalue weighted by molar-refractivity contribution is 6.35. The second kappa shape index (κ2) is 6.92. The quantitative estimate of drug-likeness (QED) is 0.643. The lowest BCUT2D eigenvalue weighted by atomic mass is 10.1. The van der Waals surface area contributed by atoms with Crippen LogP contribution in [0, 0.1) is 0 Å². The number of nitrogens with one attached hydrogen (secondary N) is 2. The molecule has 0 unspecified atom stereocenters. The fourth-order valence-electron chi connectivity index (χ4n) is 3.39. The molecule has 0 bridgehead atoms. The molecule has 2 amide bonds. The smallest absolute Gasteiger partial charge is 0.262 e. The van der Waals surface area contributed by atoms with Crippen LogP contribution in [0.2, 0.25) is 0 Å². The van der Waals surface area contributed by atoms with Crippen LogP contribution in [0.3, 0.4) is 0 Å². The maximum Gasteiger partial charge on any atom is 0.331 e. The Bertz CT molecular complexity index is 869. The summed E-state index contributed by atoms with van der Waals surface area (Å²) in [5.74, 6) is -1.64. The van der Waals surface area contributed by atoms with Crippen LogP contribution in [-0.2, 0) is 22.4 Å². The van der Waals surface area contributed by atoms with Crippen molar-refractivity contribution in [2.24, 2.45) is 10.2 Å². The first kappa shape index (κ1) is 16.2. The van der Waals surface area contributed by atoms with Gasteiger partial charge >= 0.3 is 11.8 Å². The third kappa shape index (κ3) is 3.13. The summed E-state index contributed by atoms with van der Waals surface area (Å²) in [7, 11) is 0. The molecule has 2 aromatic carbocycles. The summed E-state index contributed by atoms with van der Waals surface area (Å²) < 4.78 is 0. The van der Waals surface area contributed by atoms with Gasteiger partial charge in [0.15, 0.2) is 0 Å². The largest absolute Gasteiger partial charge is 0.331 e. The van der Waals surface area contributed by atoms with E-state index in [2.05, 4.69) is 21.1 Å². The van der Waals surface area contributed by atoms with Crippen molar-refractivity contribution in [1.82, 2.24) is 10.9 Å². The van der Waals surface area contributed by atoms with Crippen LogP contribution >= 0.6 is 0 Å². The van der Waals surface area contributed by atoms with Crippen molar-refractivity contribution in [1.29, 1.82) is 0 Å². The number of carbonyl (C=O) groups excluding carboxylic acids is 2. The zero-order valence-corrected chi connectivity index (χ0v) is 14.2. The Morgan fingerprint density at radius 3 is 1.54 bits per heavy atom. The van der Waals surface area contributed by atoms with Gasteiger partial charge < -0.3 is 0 Å². The van der Waals surface area contributed by atoms with E-state index in [0.717, 1.165) is 48.2 Å². The van der Waals surface area contributed by atoms with Gasteiger partial charge in [-0.1, -0.05) is 48.5 Å². The molecule has 130 valence electrons. The maximum absolute atomic E-state index is 12.0. The number of hydrogen-bond donors (Lipinski definition) is 2. The van der Waals surface area contributed by atoms with Crippen LogP contribution in [-0.4, -0.2) is 23.2 Å². The summed E-state index contributed by atoms with van der Waals surface area (Å²) in [6, 6.07) is 15.9. The molecule has 0 heterocycles. The van der Waals surface area contributed by atoms with E-state index in [0.29, 0.717) is 0 Å². The van der Waals surface area contributed by atoms with Crippen LogP contribution in [0.15, 0.2) is 58.7 Å². The van der Waals surface area contributed by atoms with Gasteiger partial charge in [0.25, 0.3) is 0 Å². The SMILES string of the molecule is O=C(N/N=C1\CCc2ccccc21)C(=O)N/N=C1\CCc2ccccc21. The first-order valence-corrected chi connectivity index (χ1v) is 8.62. The molecule has 0 fully saturated rings. The van der Waals surface area contributed by atoms with Crippen LogP contribution in [0.4, 0.5) is 0 Å². The van der Waals surface area contributed by atoms with Gasteiger partial charge in [0.1, 0.15) is 0 Å². The lowest BCUT2D eigenvalue weighted by molar-refractivity contribution is -0.139. The summed E-state index contributed by atoms with van der Waals surface area (Å²) in [6.45, 7) is 0. The van der Waals surface area contributed by atoms with E-state index in [1.54, 1.807) is 0 Å². The highest BCUT2D eigenvalue weighted by Crippen LogP contribution is 2.22. The van der Waals surface area contributed by atoms with Gasteiger partial charge in [-0.3, -0.25) is 9.59 Å². The van der Waals surface area contributed by atoms with Gasteiger partial charge in [-0.15, -0.1) is 0 Å². The van der Waals surface area contributed by atoms with E-state index in [4.69, 9.17) is 0 Å². The summed E-state index contributed by atoms with van der Waals surface area (Å²) in [5.41, 5.74) is 10.7. The van der Waals surface area contributed by atoms with Crippen molar-refractivity contribution in [2.75, 3.05) is 0 Å². The van der Waals surface area contributed by atoms with E-state index in [1.807, 2.05) is 48.5 Å². The Hall–Kier alpha value is -3.28. The molecule has 2 aliphatic rings. The van der Waals surface area contributed by atoms with Gasteiger partial charge in [-0.2, -0.15) is 10.2 Å². The van der Waals surface area contributed by atoms with Crippen LogP contribution in [0.5, 0.6) is 0 Å². The number of fused-ring (bicyclic) bond motifs is 2. The molecule has 0 aliphatic heterocycles. The molecule has 2 aromatic rings. The maximum atomic E-state index is 12.0. The molecule has 2 aliphatic carbocycles. The number of hydrogen-bond acceptors (Lipinski definition) is 4. The van der Waals surface area contributed by atoms with Crippen LogP contribution < -0.4 is 10.9 Å². The van der Waals surface area contributed by atoms with Gasteiger partial charge in [0.2, 0.25) is 0 Å². The Labute approximate surface area is 151 Å². The summed E-state index contributed by atoms with van der Waals surface area (Å²) in [5, 5.41) is 8.22. The first-order chi connectivity index (χ1) is 12.7. The number of amides is 2. The lowest BCUT2D eigenvalue weighted by Crippen LogP contribution is -2.36. The van der Waals surface area contributed by atoms with E-state index in [-0.39, 0.29) is 0 Å². The van der Waals surface area contributed by atoms with E-state index in [9.17, 15) is 9.59 Å². The average molecular weight is 346 g/mol. The van der Waals surface area contributed by atoms with E-state index in [1.165, 1.54) is 11.1 Å². The summed E-state index contributed by atoms with van der Waals surface area (Å²) in [4.78, 5) is 23.9. The molecular weight excluding hydrogens is 328 g/mol. The number of hydrazone groups is 2. The van der Waals surface area contributed by atoms with Crippen molar-refractivity contribution in [2.45, 2.75) is 25.7 Å². The summed E-state index contributed by atoms with van der Waals surface area (Å²) >= 11 is 0. The predicted molar refractivity (Wildman–Crippen MR) is 98.9 cm³/mol. The molecule has 2 N–H and O–H groups in total. The number of benzene rings is 2. The molecule has 0 atom stereocenters. The number of carbonyl (C=O) groups is 2. The first-order valence-electron chi connectivity index (χ1n) is 8.62. The predicted octanol–water partition coefficient (Wildman–Crippen LogP) is 1.92. The Morgan fingerprint density at radius 1 is 0.654 bits per heavy atom. The van der Waals surface area contributed by atoms with Crippen molar-refractivity contribution in [3.63, 3.8) is 0 Å². The molecule has 0 radical (unpaired) electrons. The van der Waals surface area contributed by atoms with Crippen molar-refractivity contribution in [3.8, 4) is 0 Å². The summed E-state index contributed by atoms with van der Waals surface area (Å²) in [6.07, 6.45) is 3.29. The second-order valence-electron chi connectivity index (χ2n) is 6.31. The van der Waals surface area contributed by atoms with Gasteiger partial charge in [-0.25, -0.2) is 10.9 Å². The topological polar surface area (TPSA) is 82.9 Å². The Kier molecular flexibility index (Phi) is 4.31. The zero-order chi connectivity index (χ0) is 17.9. The average Bonchev–Trinajstić information content (AvgIpc) is 3.28. The lowest BCUT2D eigenvalue weighted by Gasteiger charge is -2.03. The monoisotopic (exact) mass is 346 g/mol. The highest BCUT2D eigenvalue weighted by atomic mass is 16.2. The molecule has 4 rings (SSSR count). The van der Waals surface area contributed by atoms with E-state index < -0.39 is 11.8 Å². The molecule has 0 saturated carbocycles. The Balaban J connectivity index is 1.38. The normalized spacial score (nSPS) is 17.8. The molecule has 0 saturated heterocycles. The van der Waals surface area contributed by atoms with E-state index >= 15 is 0 Å². The number of rotatable bonds is 2. The Morgan fingerprint density at radius 2 is 1.08 bits per heavy atom. The minimum absolute atomic E-state index is 0.750. The minimum Gasteiger partial charge on any atom is -0.262 e. The van der Waals surface area contributed by atoms with Crippen molar-refractivity contribution < 1.29 is 9.59 Å². The molecular formula is C20H18N4O2. The minimum atomic E-state index is -0.822. The number of nitrogens with zero attached hydrogens (tertiary/aromatic N) is 2. The van der Waals surface area contributed by atoms with Crippen molar-refractivity contribution in [3.05, 3.63) is 70.8 Å². The molecule has 6 heteroatoms. The molecule has 26 heavy (non-hydrogen) atoms. The second-order valence-corrected chi connectivity index (χ2v) is 6.31. The standard InChI is InChI=1S/C20H18N4O2/c25-19(23-21-17-11-9-13-5-1-3-7-15(13)17)20(26)24-22-18-12-10-14-6-2-4-8-16(14)18/h1-8H,9-12H2,(H,23,25)(H,24,26)/b21-17+,22-18+. The van der Waals surface area contributed by atoms with Crippen LogP contribution in [0.25, 0.3) is 0 Å². The fourth-order valence-corrected chi connectivity index (χ4v) is 3.39. The van der Waals surface area contributed by atoms with Gasteiger partial charge in [0.05, 0.1) is 11.4 Å². The number of aryl methyl sites for hydroxylation is 2. The van der Waals surface area contributed by atoms with Crippen molar-refractivity contribution >= 4 is 23.2 Å². The molecule has 0 aromatic heterocycles.